The van der Waals surface area contributed by atoms with Gasteiger partial charge in [0, 0.05) is 27.2 Å². The van der Waals surface area contributed by atoms with Gasteiger partial charge in [-0.15, -0.1) is 13.2 Å². The molecule has 1 aliphatic rings. The molecular formula is C42H78NO10P. The average molecular weight is 788 g/mol. The maximum atomic E-state index is 13.8. The fraction of sp³-hybridized carbons (Fsp3) is 0.833. The van der Waals surface area contributed by atoms with Crippen molar-refractivity contribution in [3.8, 4) is 0 Å². The van der Waals surface area contributed by atoms with Crippen molar-refractivity contribution in [2.24, 2.45) is 0 Å². The second-order valence-corrected chi connectivity index (χ2v) is 15.9. The molecule has 1 saturated heterocycles. The molecule has 0 bridgehead atoms. The van der Waals surface area contributed by atoms with Crippen molar-refractivity contribution >= 4 is 13.7 Å². The number of phosphoric ester groups is 1. The molecule has 0 aromatic carbocycles. The first-order valence-electron chi connectivity index (χ1n) is 21.0. The van der Waals surface area contributed by atoms with Crippen molar-refractivity contribution in [3.05, 3.63) is 37.5 Å². The molecule has 2 N–H and O–H groups in total. The van der Waals surface area contributed by atoms with Crippen molar-refractivity contribution in [2.75, 3.05) is 40.6 Å². The number of phosphoric acid groups is 1. The number of nitrogens with one attached hydrogen (secondary N) is 1. The van der Waals surface area contributed by atoms with E-state index in [1.165, 1.54) is 89.9 Å². The molecule has 54 heavy (non-hydrogen) atoms. The van der Waals surface area contributed by atoms with Gasteiger partial charge in [-0.2, -0.15) is 0 Å². The van der Waals surface area contributed by atoms with Crippen LogP contribution in [0.2, 0.25) is 0 Å². The van der Waals surface area contributed by atoms with Crippen LogP contribution in [0.5, 0.6) is 0 Å². The number of unbranched alkanes of at least 4 members (excludes halogenated alkanes) is 15. The number of carbonyl (C=O) groups is 1. The lowest BCUT2D eigenvalue weighted by molar-refractivity contribution is -0.261. The quantitative estimate of drug-likeness (QED) is 0.0356. The number of hydrogen-bond donors (Lipinski definition) is 2. The maximum Gasteiger partial charge on any atom is 0.475 e. The van der Waals surface area contributed by atoms with Crippen LogP contribution < -0.4 is 5.32 Å². The van der Waals surface area contributed by atoms with Crippen LogP contribution in [0.15, 0.2) is 37.5 Å². The minimum Gasteiger partial charge on any atom is -0.382 e. The van der Waals surface area contributed by atoms with Gasteiger partial charge in [-0.25, -0.2) is 4.57 Å². The molecule has 1 rings (SSSR count). The first-order chi connectivity index (χ1) is 26.3. The molecule has 0 spiro atoms. The second-order valence-electron chi connectivity index (χ2n) is 14.3. The molecule has 1 aliphatic heterocycles. The highest BCUT2D eigenvalue weighted by Gasteiger charge is 2.51. The Hall–Kier alpha value is -1.40. The Labute approximate surface area is 328 Å². The first-order valence-corrected chi connectivity index (χ1v) is 22.5. The van der Waals surface area contributed by atoms with Crippen molar-refractivity contribution in [3.63, 3.8) is 0 Å². The first kappa shape index (κ1) is 50.6. The molecule has 0 aliphatic carbocycles. The Kier molecular flexibility index (Phi) is 31.6. The van der Waals surface area contributed by atoms with E-state index in [1.807, 2.05) is 0 Å². The zero-order chi connectivity index (χ0) is 39.7. The molecule has 11 nitrogen and oxygen atoms in total. The summed E-state index contributed by atoms with van der Waals surface area (Å²) in [6.45, 7) is 11.7. The van der Waals surface area contributed by atoms with Crippen LogP contribution in [-0.4, -0.2) is 88.4 Å². The number of allylic oxidation sites excluding steroid dienone is 2. The summed E-state index contributed by atoms with van der Waals surface area (Å²) >= 11 is 0. The number of amides is 1. The molecule has 0 aromatic heterocycles. The van der Waals surface area contributed by atoms with Gasteiger partial charge in [0.1, 0.15) is 24.4 Å². The molecule has 5 unspecified atom stereocenters. The third kappa shape index (κ3) is 23.6. The monoisotopic (exact) mass is 788 g/mol. The Balaban J connectivity index is 2.86. The molecule has 0 saturated carbocycles. The number of carbonyl (C=O) groups excluding carboxylic acids is 1. The highest BCUT2D eigenvalue weighted by molar-refractivity contribution is 7.48. The number of hydrogen-bond acceptors (Lipinski definition) is 10. The van der Waals surface area contributed by atoms with Crippen molar-refractivity contribution < 1.29 is 47.0 Å². The summed E-state index contributed by atoms with van der Waals surface area (Å²) in [5.74, 6) is -0.238. The van der Waals surface area contributed by atoms with Crippen LogP contribution in [0.4, 0.5) is 0 Å². The molecule has 6 atom stereocenters. The SMILES string of the molecule is C=CCOP(=O)(OCC=C)OC1C(COC)OC(O)C(NC(=O)CCCCCCCCC/C=C\CCCCCC)C1OCC[C@@H](CCCCCCC)OC. The molecule has 1 fully saturated rings. The topological polar surface area (TPSA) is 131 Å². The van der Waals surface area contributed by atoms with Crippen LogP contribution >= 0.6 is 7.82 Å². The minimum absolute atomic E-state index is 0.0144. The van der Waals surface area contributed by atoms with E-state index >= 15 is 0 Å². The fourth-order valence-electron chi connectivity index (χ4n) is 6.54. The van der Waals surface area contributed by atoms with Crippen LogP contribution in [0.3, 0.4) is 0 Å². The van der Waals surface area contributed by atoms with Crippen molar-refractivity contribution in [2.45, 2.75) is 185 Å². The molecule has 0 radical (unpaired) electrons. The smallest absolute Gasteiger partial charge is 0.382 e. The van der Waals surface area contributed by atoms with Gasteiger partial charge in [-0.3, -0.25) is 18.4 Å². The van der Waals surface area contributed by atoms with Crippen LogP contribution in [0.1, 0.15) is 149 Å². The van der Waals surface area contributed by atoms with Gasteiger partial charge in [0.25, 0.3) is 0 Å². The minimum atomic E-state index is -4.21. The van der Waals surface area contributed by atoms with Gasteiger partial charge in [-0.05, 0) is 44.9 Å². The number of aliphatic hydroxyl groups excluding tert-OH is 1. The molecule has 1 amide bonds. The van der Waals surface area contributed by atoms with Gasteiger partial charge >= 0.3 is 7.82 Å². The molecule has 1 heterocycles. The third-order valence-corrected chi connectivity index (χ3v) is 11.1. The molecule has 12 heteroatoms. The molecular weight excluding hydrogens is 709 g/mol. The van der Waals surface area contributed by atoms with Gasteiger partial charge in [0.15, 0.2) is 6.29 Å². The van der Waals surface area contributed by atoms with Gasteiger partial charge in [0.2, 0.25) is 5.91 Å². The number of ether oxygens (including phenoxy) is 4. The predicted molar refractivity (Wildman–Crippen MR) is 217 cm³/mol. The lowest BCUT2D eigenvalue weighted by Crippen LogP contribution is -2.65. The largest absolute Gasteiger partial charge is 0.475 e. The summed E-state index contributed by atoms with van der Waals surface area (Å²) in [5, 5.41) is 14.2. The van der Waals surface area contributed by atoms with Crippen molar-refractivity contribution in [1.29, 1.82) is 0 Å². The van der Waals surface area contributed by atoms with E-state index in [0.717, 1.165) is 51.4 Å². The Morgan fingerprint density at radius 2 is 1.35 bits per heavy atom. The van der Waals surface area contributed by atoms with E-state index < -0.39 is 38.5 Å². The van der Waals surface area contributed by atoms with Crippen LogP contribution in [0, 0.1) is 0 Å². The Bertz CT molecular complexity index is 998. The van der Waals surface area contributed by atoms with E-state index in [9.17, 15) is 14.5 Å². The van der Waals surface area contributed by atoms with E-state index in [0.29, 0.717) is 12.8 Å². The van der Waals surface area contributed by atoms with Gasteiger partial charge < -0.3 is 29.4 Å². The average Bonchev–Trinajstić information content (AvgIpc) is 3.16. The standard InChI is InChI=1S/C42H78NO10P/c1-7-11-13-15-16-17-18-19-20-21-22-23-24-26-28-30-38(44)43-39-41(49-34-31-36(48-6)29-27-25-14-12-8-2)40(37(35-47-5)52-42(39)45)53-54(46,50-32-9-3)51-33-10-4/h9-10,17-18,36-37,39-42,45H,3-4,7-8,11-16,19-35H2,1-2,5-6H3,(H,43,44)/b18-17-/t36-,37?,39?,40?,41?,42?/m1/s1. The van der Waals surface area contributed by atoms with Gasteiger partial charge in [-0.1, -0.05) is 122 Å². The van der Waals surface area contributed by atoms with Gasteiger partial charge in [0.05, 0.1) is 25.9 Å². The highest BCUT2D eigenvalue weighted by Crippen LogP contribution is 2.52. The predicted octanol–water partition coefficient (Wildman–Crippen LogP) is 9.92. The normalized spacial score (nSPS) is 21.0. The second kappa shape index (κ2) is 33.7. The van der Waals surface area contributed by atoms with Crippen LogP contribution in [-0.2, 0) is 41.9 Å². The zero-order valence-electron chi connectivity index (χ0n) is 34.4. The molecule has 316 valence electrons. The number of rotatable bonds is 37. The summed E-state index contributed by atoms with van der Waals surface area (Å²) in [6.07, 6.45) is 25.7. The number of aliphatic hydroxyl groups is 1. The highest BCUT2D eigenvalue weighted by atomic mass is 31.2. The fourth-order valence-corrected chi connectivity index (χ4v) is 7.86. The van der Waals surface area contributed by atoms with E-state index in [2.05, 4.69) is 44.5 Å². The zero-order valence-corrected chi connectivity index (χ0v) is 35.3. The lowest BCUT2D eigenvalue weighted by atomic mass is 9.96. The Morgan fingerprint density at radius 3 is 1.93 bits per heavy atom. The summed E-state index contributed by atoms with van der Waals surface area (Å²) in [4.78, 5) is 13.3. The summed E-state index contributed by atoms with van der Waals surface area (Å²) in [6, 6.07) is -1.02. The lowest BCUT2D eigenvalue weighted by Gasteiger charge is -2.45. The maximum absolute atomic E-state index is 13.8. The summed E-state index contributed by atoms with van der Waals surface area (Å²) in [5.41, 5.74) is 0. The van der Waals surface area contributed by atoms with Crippen LogP contribution in [0.25, 0.3) is 0 Å². The van der Waals surface area contributed by atoms with E-state index in [4.69, 9.17) is 32.5 Å². The Morgan fingerprint density at radius 1 is 0.796 bits per heavy atom. The summed E-state index contributed by atoms with van der Waals surface area (Å²) in [7, 11) is -1.03. The summed E-state index contributed by atoms with van der Waals surface area (Å²) < 4.78 is 54.4. The van der Waals surface area contributed by atoms with Crippen molar-refractivity contribution in [1.82, 2.24) is 5.32 Å². The van der Waals surface area contributed by atoms with E-state index in [-0.39, 0.29) is 38.4 Å². The third-order valence-electron chi connectivity index (χ3n) is 9.65. The number of methoxy groups -OCH3 is 2. The van der Waals surface area contributed by atoms with E-state index in [1.54, 1.807) is 7.11 Å². The molecule has 0 aromatic rings.